The van der Waals surface area contributed by atoms with Crippen LogP contribution in [0.1, 0.15) is 11.5 Å². The van der Waals surface area contributed by atoms with Crippen LogP contribution in [0.15, 0.2) is 18.2 Å². The summed E-state index contributed by atoms with van der Waals surface area (Å²) in [6, 6.07) is 5.08. The fourth-order valence-electron chi connectivity index (χ4n) is 1.66. The lowest BCUT2D eigenvalue weighted by Crippen LogP contribution is -2.29. The third kappa shape index (κ3) is 2.08. The Balaban J connectivity index is 2.32. The number of amides is 1. The predicted octanol–water partition coefficient (Wildman–Crippen LogP) is 0.786. The number of aldehydes is 1. The van der Waals surface area contributed by atoms with E-state index in [1.54, 1.807) is 32.3 Å². The molecule has 0 saturated carbocycles. The van der Waals surface area contributed by atoms with Gasteiger partial charge in [-0.1, -0.05) is 6.07 Å². The quantitative estimate of drug-likeness (QED) is 0.574. The van der Waals surface area contributed by atoms with Crippen LogP contribution in [0.4, 0.5) is 0 Å². The van der Waals surface area contributed by atoms with E-state index in [2.05, 4.69) is 0 Å². The van der Waals surface area contributed by atoms with Gasteiger partial charge in [0.25, 0.3) is 0 Å². The topological polar surface area (TPSA) is 55.8 Å². The fraction of sp³-hybridized carbons (Fsp3) is 0.333. The van der Waals surface area contributed by atoms with Gasteiger partial charge >= 0.3 is 0 Å². The Morgan fingerprint density at radius 2 is 2.06 bits per heavy atom. The second-order valence-electron chi connectivity index (χ2n) is 3.96. The highest BCUT2D eigenvalue weighted by Gasteiger charge is 2.24. The Bertz CT molecular complexity index is 456. The first-order valence-corrected chi connectivity index (χ1v) is 5.19. The first-order valence-electron chi connectivity index (χ1n) is 5.19. The summed E-state index contributed by atoms with van der Waals surface area (Å²) in [6.45, 7) is 0.173. The van der Waals surface area contributed by atoms with E-state index >= 15 is 0 Å². The third-order valence-corrected chi connectivity index (χ3v) is 2.60. The zero-order chi connectivity index (χ0) is 12.4. The molecule has 1 unspecified atom stereocenters. The first-order chi connectivity index (χ1) is 8.13. The van der Waals surface area contributed by atoms with E-state index in [0.717, 1.165) is 0 Å². The molecule has 1 aliphatic rings. The average Bonchev–Trinajstić information content (AvgIpc) is 2.77. The minimum absolute atomic E-state index is 0.173. The summed E-state index contributed by atoms with van der Waals surface area (Å²) in [6.07, 6.45) is 0.639. The largest absolute Gasteiger partial charge is 0.454 e. The number of fused-ring (bicyclic) bond motifs is 1. The number of hydrogen-bond acceptors (Lipinski definition) is 4. The SMILES string of the molecule is CN(C)C(=O)C(C=O)c1ccc2c(c1)OCO2. The Hall–Kier alpha value is -2.04. The maximum Gasteiger partial charge on any atom is 0.236 e. The first kappa shape index (κ1) is 11.4. The van der Waals surface area contributed by atoms with Crippen LogP contribution < -0.4 is 9.47 Å². The summed E-state index contributed by atoms with van der Waals surface area (Å²) in [5.41, 5.74) is 0.614. The second-order valence-corrected chi connectivity index (χ2v) is 3.96. The number of benzene rings is 1. The molecule has 90 valence electrons. The van der Waals surface area contributed by atoms with Gasteiger partial charge in [0.1, 0.15) is 12.2 Å². The van der Waals surface area contributed by atoms with Crippen LogP contribution in [0.5, 0.6) is 11.5 Å². The summed E-state index contributed by atoms with van der Waals surface area (Å²) in [7, 11) is 3.23. The molecule has 1 heterocycles. The van der Waals surface area contributed by atoms with Crippen LogP contribution >= 0.6 is 0 Å². The van der Waals surface area contributed by atoms with Crippen molar-refractivity contribution in [1.82, 2.24) is 4.90 Å². The molecule has 0 aliphatic carbocycles. The lowest BCUT2D eigenvalue weighted by molar-refractivity contribution is -0.132. The summed E-state index contributed by atoms with van der Waals surface area (Å²) < 4.78 is 10.4. The summed E-state index contributed by atoms with van der Waals surface area (Å²) >= 11 is 0. The number of hydrogen-bond donors (Lipinski definition) is 0. The van der Waals surface area contributed by atoms with E-state index in [1.807, 2.05) is 0 Å². The summed E-state index contributed by atoms with van der Waals surface area (Å²) in [4.78, 5) is 24.2. The van der Waals surface area contributed by atoms with Crippen molar-refractivity contribution in [3.8, 4) is 11.5 Å². The molecule has 0 radical (unpaired) electrons. The third-order valence-electron chi connectivity index (χ3n) is 2.60. The molecule has 1 amide bonds. The van der Waals surface area contributed by atoms with E-state index < -0.39 is 5.92 Å². The van der Waals surface area contributed by atoms with Crippen molar-refractivity contribution < 1.29 is 19.1 Å². The maximum absolute atomic E-state index is 11.8. The molecule has 1 aliphatic heterocycles. The number of nitrogens with zero attached hydrogens (tertiary/aromatic N) is 1. The van der Waals surface area contributed by atoms with Crippen molar-refractivity contribution in [1.29, 1.82) is 0 Å². The normalized spacial score (nSPS) is 14.2. The number of carbonyl (C=O) groups is 2. The van der Waals surface area contributed by atoms with Crippen LogP contribution in [-0.4, -0.2) is 38.0 Å². The molecule has 0 aromatic heterocycles. The highest BCUT2D eigenvalue weighted by Crippen LogP contribution is 2.34. The van der Waals surface area contributed by atoms with E-state index in [0.29, 0.717) is 23.3 Å². The van der Waals surface area contributed by atoms with Gasteiger partial charge in [-0.25, -0.2) is 0 Å². The molecule has 2 rings (SSSR count). The minimum Gasteiger partial charge on any atom is -0.454 e. The van der Waals surface area contributed by atoms with Crippen LogP contribution in [0.2, 0.25) is 0 Å². The van der Waals surface area contributed by atoms with Crippen molar-refractivity contribution >= 4 is 12.2 Å². The Morgan fingerprint density at radius 3 is 2.71 bits per heavy atom. The molecule has 17 heavy (non-hydrogen) atoms. The molecule has 0 saturated heterocycles. The van der Waals surface area contributed by atoms with Gasteiger partial charge in [-0.05, 0) is 17.7 Å². The second kappa shape index (κ2) is 4.45. The summed E-state index contributed by atoms with van der Waals surface area (Å²) in [5.74, 6) is 0.162. The maximum atomic E-state index is 11.8. The predicted molar refractivity (Wildman–Crippen MR) is 60.1 cm³/mol. The molecule has 1 aromatic carbocycles. The average molecular weight is 235 g/mol. The van der Waals surface area contributed by atoms with E-state index in [1.165, 1.54) is 4.90 Å². The standard InChI is InChI=1S/C12H13NO4/c1-13(2)12(15)9(6-14)8-3-4-10-11(5-8)17-7-16-10/h3-6,9H,7H2,1-2H3. The van der Waals surface area contributed by atoms with Crippen molar-refractivity contribution in [3.63, 3.8) is 0 Å². The Morgan fingerprint density at radius 1 is 1.35 bits per heavy atom. The number of likely N-dealkylation sites (N-methyl/N-ethyl adjacent to an activating group) is 1. The van der Waals surface area contributed by atoms with Gasteiger partial charge in [-0.3, -0.25) is 4.79 Å². The van der Waals surface area contributed by atoms with E-state index in [4.69, 9.17) is 9.47 Å². The molecule has 1 atom stereocenters. The van der Waals surface area contributed by atoms with E-state index in [-0.39, 0.29) is 12.7 Å². The molecular formula is C12H13NO4. The highest BCUT2D eigenvalue weighted by atomic mass is 16.7. The van der Waals surface area contributed by atoms with Gasteiger partial charge in [0.15, 0.2) is 11.5 Å². The number of rotatable bonds is 3. The van der Waals surface area contributed by atoms with Crippen molar-refractivity contribution in [2.45, 2.75) is 5.92 Å². The van der Waals surface area contributed by atoms with Gasteiger partial charge in [-0.15, -0.1) is 0 Å². The van der Waals surface area contributed by atoms with Crippen LogP contribution in [0.3, 0.4) is 0 Å². The molecule has 1 aromatic rings. The monoisotopic (exact) mass is 235 g/mol. The molecule has 0 bridgehead atoms. The lowest BCUT2D eigenvalue weighted by atomic mass is 9.99. The number of ether oxygens (including phenoxy) is 2. The van der Waals surface area contributed by atoms with Crippen molar-refractivity contribution in [2.24, 2.45) is 0 Å². The smallest absolute Gasteiger partial charge is 0.236 e. The molecule has 0 spiro atoms. The van der Waals surface area contributed by atoms with Gasteiger partial charge in [0.2, 0.25) is 12.7 Å². The molecule has 0 fully saturated rings. The fourth-order valence-corrected chi connectivity index (χ4v) is 1.66. The molecular weight excluding hydrogens is 222 g/mol. The van der Waals surface area contributed by atoms with Crippen LogP contribution in [0.25, 0.3) is 0 Å². The zero-order valence-electron chi connectivity index (χ0n) is 9.67. The Kier molecular flexibility index (Phi) is 2.99. The Labute approximate surface area is 98.9 Å². The minimum atomic E-state index is -0.792. The molecule has 5 nitrogen and oxygen atoms in total. The molecule has 0 N–H and O–H groups in total. The van der Waals surface area contributed by atoms with Gasteiger partial charge < -0.3 is 19.2 Å². The van der Waals surface area contributed by atoms with Crippen LogP contribution in [-0.2, 0) is 9.59 Å². The number of carbonyl (C=O) groups excluding carboxylic acids is 2. The van der Waals surface area contributed by atoms with E-state index in [9.17, 15) is 9.59 Å². The summed E-state index contributed by atoms with van der Waals surface area (Å²) in [5, 5.41) is 0. The zero-order valence-corrected chi connectivity index (χ0v) is 9.67. The van der Waals surface area contributed by atoms with Crippen molar-refractivity contribution in [3.05, 3.63) is 23.8 Å². The highest BCUT2D eigenvalue weighted by molar-refractivity contribution is 5.97. The molecule has 5 heteroatoms. The van der Waals surface area contributed by atoms with Gasteiger partial charge in [-0.2, -0.15) is 0 Å². The van der Waals surface area contributed by atoms with Gasteiger partial charge in [0, 0.05) is 14.1 Å². The van der Waals surface area contributed by atoms with Crippen LogP contribution in [0, 0.1) is 0 Å². The van der Waals surface area contributed by atoms with Crippen molar-refractivity contribution in [2.75, 3.05) is 20.9 Å². The van der Waals surface area contributed by atoms with Gasteiger partial charge in [0.05, 0.1) is 0 Å². The lowest BCUT2D eigenvalue weighted by Gasteiger charge is -2.16.